The molecule has 1 fully saturated rings. The summed E-state index contributed by atoms with van der Waals surface area (Å²) < 4.78 is 0. The van der Waals surface area contributed by atoms with Crippen LogP contribution in [-0.2, 0) is 4.79 Å². The highest BCUT2D eigenvalue weighted by Crippen LogP contribution is 1.88. The zero-order chi connectivity index (χ0) is 6.15. The number of likely N-dealkylation sites (N-methyl/N-ethyl adjacent to an activating group) is 1. The largest absolute Gasteiger partial charge is 1.00 e. The third-order valence-electron chi connectivity index (χ3n) is 1.50. The summed E-state index contributed by atoms with van der Waals surface area (Å²) >= 11 is 0. The van der Waals surface area contributed by atoms with E-state index in [0.717, 1.165) is 6.67 Å². The van der Waals surface area contributed by atoms with Crippen molar-refractivity contribution in [1.29, 1.82) is 0 Å². The Morgan fingerprint density at radius 3 is 2.75 bits per heavy atom. The zero-order valence-corrected chi connectivity index (χ0v) is 5.22. The Labute approximate surface area is 50.1 Å². The molecule has 1 aliphatic rings. The quantitative estimate of drug-likeness (QED) is 0.410. The zero-order valence-electron chi connectivity index (χ0n) is 6.22. The Kier molecular flexibility index (Phi) is 1.21. The minimum absolute atomic E-state index is 0. The molecular weight excluding hydrogens is 104 g/mol. The minimum Gasteiger partial charge on any atom is -1.00 e. The van der Waals surface area contributed by atoms with Gasteiger partial charge in [-0.2, -0.15) is 0 Å². The van der Waals surface area contributed by atoms with Gasteiger partial charge in [-0.15, -0.1) is 0 Å². The van der Waals surface area contributed by atoms with Crippen LogP contribution in [0.1, 0.15) is 8.35 Å². The monoisotopic (exact) mass is 116 g/mol. The van der Waals surface area contributed by atoms with Crippen LogP contribution in [0.3, 0.4) is 0 Å². The number of rotatable bonds is 0. The molecule has 1 saturated heterocycles. The maximum absolute atomic E-state index is 10.8. The topological polar surface area (TPSA) is 36.9 Å². The molecule has 0 aliphatic carbocycles. The van der Waals surface area contributed by atoms with Crippen LogP contribution in [0.5, 0.6) is 0 Å². The lowest BCUT2D eigenvalue weighted by molar-refractivity contribution is -0.668. The Bertz CT molecular complexity index is 106. The van der Waals surface area contributed by atoms with Crippen LogP contribution in [0.4, 0.5) is 0 Å². The Morgan fingerprint density at radius 1 is 2.00 bits per heavy atom. The van der Waals surface area contributed by atoms with Crippen molar-refractivity contribution in [3.63, 3.8) is 0 Å². The van der Waals surface area contributed by atoms with Crippen LogP contribution in [0.2, 0.25) is 0 Å². The number of quaternary nitrogens is 1. The molecule has 0 spiro atoms. The van der Waals surface area contributed by atoms with E-state index < -0.39 is 0 Å². The van der Waals surface area contributed by atoms with Crippen molar-refractivity contribution in [3.05, 3.63) is 0 Å². The van der Waals surface area contributed by atoms with E-state index in [1.54, 1.807) is 4.90 Å². The molecule has 2 N–H and O–H groups in total. The second-order valence-corrected chi connectivity index (χ2v) is 2.24. The highest BCUT2D eigenvalue weighted by Gasteiger charge is 2.27. The fraction of sp³-hybridized carbons (Fsp3) is 0.800. The molecule has 1 rings (SSSR count). The van der Waals surface area contributed by atoms with Crippen LogP contribution in [0.25, 0.3) is 0 Å². The second kappa shape index (κ2) is 1.74. The molecule has 48 valence electrons. The lowest BCUT2D eigenvalue weighted by atomic mass is 10.3. The van der Waals surface area contributed by atoms with Crippen molar-refractivity contribution in [2.45, 2.75) is 13.0 Å². The first-order valence-electron chi connectivity index (χ1n) is 2.80. The number of carbonyl (C=O) groups is 1. The van der Waals surface area contributed by atoms with Gasteiger partial charge in [0.25, 0.3) is 5.91 Å². The summed E-state index contributed by atoms with van der Waals surface area (Å²) in [7, 11) is 1.82. The Morgan fingerprint density at radius 2 is 2.62 bits per heavy atom. The number of carbonyl (C=O) groups excluding carboxylic acids is 1. The van der Waals surface area contributed by atoms with Crippen LogP contribution >= 0.6 is 0 Å². The minimum atomic E-state index is 0. The molecule has 0 unspecified atom stereocenters. The van der Waals surface area contributed by atoms with Crippen molar-refractivity contribution in [2.75, 3.05) is 13.7 Å². The summed E-state index contributed by atoms with van der Waals surface area (Å²) in [6, 6.07) is 0.153. The van der Waals surface area contributed by atoms with Crippen molar-refractivity contribution in [2.24, 2.45) is 0 Å². The van der Waals surface area contributed by atoms with E-state index in [1.165, 1.54) is 0 Å². The van der Waals surface area contributed by atoms with E-state index in [-0.39, 0.29) is 13.4 Å². The highest BCUT2D eigenvalue weighted by molar-refractivity contribution is 5.80. The maximum Gasteiger partial charge on any atom is 0.284 e. The molecule has 1 aliphatic heterocycles. The van der Waals surface area contributed by atoms with E-state index >= 15 is 0 Å². The Hall–Kier alpha value is -0.570. The molecule has 0 radical (unpaired) electrons. The molecule has 3 heteroatoms. The SMILES string of the molecule is C[C@H]1[NH2+]CN(C)C1=O.[H-]. The van der Waals surface area contributed by atoms with E-state index in [0.29, 0.717) is 0 Å². The van der Waals surface area contributed by atoms with Gasteiger partial charge in [0.2, 0.25) is 0 Å². The molecule has 3 nitrogen and oxygen atoms in total. The summed E-state index contributed by atoms with van der Waals surface area (Å²) in [5.41, 5.74) is 0. The maximum atomic E-state index is 10.8. The number of hydrogen-bond acceptors (Lipinski definition) is 1. The molecule has 0 saturated carbocycles. The summed E-state index contributed by atoms with van der Waals surface area (Å²) in [6.45, 7) is 2.74. The predicted molar refractivity (Wildman–Crippen MR) is 30.1 cm³/mol. The fourth-order valence-electron chi connectivity index (χ4n) is 0.855. The van der Waals surface area contributed by atoms with Gasteiger partial charge in [-0.3, -0.25) is 9.69 Å². The van der Waals surface area contributed by atoms with Gasteiger partial charge in [-0.25, -0.2) is 0 Å². The second-order valence-electron chi connectivity index (χ2n) is 2.24. The molecule has 1 heterocycles. The predicted octanol–water partition coefficient (Wildman–Crippen LogP) is -1.52. The van der Waals surface area contributed by atoms with E-state index in [1.807, 2.05) is 19.3 Å². The summed E-state index contributed by atoms with van der Waals surface area (Å²) in [5, 5.41) is 2.02. The van der Waals surface area contributed by atoms with Gasteiger partial charge >= 0.3 is 0 Å². The first-order valence-corrected chi connectivity index (χ1v) is 2.80. The molecule has 1 atom stereocenters. The molecule has 0 aromatic carbocycles. The van der Waals surface area contributed by atoms with Gasteiger partial charge in [-0.1, -0.05) is 0 Å². The molecule has 0 aromatic heterocycles. The van der Waals surface area contributed by atoms with E-state index in [2.05, 4.69) is 0 Å². The van der Waals surface area contributed by atoms with Crippen molar-refractivity contribution in [3.8, 4) is 0 Å². The Balaban J connectivity index is 0.000000640. The number of amides is 1. The van der Waals surface area contributed by atoms with Gasteiger partial charge in [0, 0.05) is 7.05 Å². The first-order chi connectivity index (χ1) is 3.72. The van der Waals surface area contributed by atoms with Crippen LogP contribution < -0.4 is 5.32 Å². The average molecular weight is 116 g/mol. The summed E-state index contributed by atoms with van der Waals surface area (Å²) in [5.74, 6) is 0.241. The fourth-order valence-corrected chi connectivity index (χ4v) is 0.855. The van der Waals surface area contributed by atoms with Gasteiger partial charge in [-0.05, 0) is 6.92 Å². The van der Waals surface area contributed by atoms with Crippen molar-refractivity contribution in [1.82, 2.24) is 4.90 Å². The molecular formula is C5H12N2O. The summed E-state index contributed by atoms with van der Waals surface area (Å²) in [4.78, 5) is 12.5. The van der Waals surface area contributed by atoms with E-state index in [9.17, 15) is 4.79 Å². The van der Waals surface area contributed by atoms with Crippen molar-refractivity contribution >= 4 is 5.91 Å². The number of nitrogens with zero attached hydrogens (tertiary/aromatic N) is 1. The number of hydrogen-bond donors (Lipinski definition) is 1. The normalized spacial score (nSPS) is 29.5. The van der Waals surface area contributed by atoms with Gasteiger partial charge in [0.15, 0.2) is 12.7 Å². The van der Waals surface area contributed by atoms with Gasteiger partial charge in [0.1, 0.15) is 0 Å². The highest BCUT2D eigenvalue weighted by atomic mass is 16.2. The van der Waals surface area contributed by atoms with Crippen LogP contribution in [0.15, 0.2) is 0 Å². The van der Waals surface area contributed by atoms with Crippen molar-refractivity contribution < 1.29 is 11.5 Å². The third kappa shape index (κ3) is 0.690. The van der Waals surface area contributed by atoms with Gasteiger partial charge in [0.05, 0.1) is 0 Å². The standard InChI is InChI=1S/C5H10N2O.H/c1-4-5(8)7(2)3-6-4;/h4,6H,3H2,1-2H3;/q;-1/p+1/t4-;/m1./s1. The molecule has 8 heavy (non-hydrogen) atoms. The molecule has 0 bridgehead atoms. The van der Waals surface area contributed by atoms with Gasteiger partial charge < -0.3 is 6.74 Å². The molecule has 1 amide bonds. The first kappa shape index (κ1) is 5.56. The smallest absolute Gasteiger partial charge is 0.284 e. The lowest BCUT2D eigenvalue weighted by Crippen LogP contribution is -2.87. The van der Waals surface area contributed by atoms with Crippen LogP contribution in [0, 0.1) is 0 Å². The number of nitrogens with two attached hydrogens (primary N) is 1. The molecule has 0 aromatic rings. The third-order valence-corrected chi connectivity index (χ3v) is 1.50. The van der Waals surface area contributed by atoms with Crippen LogP contribution in [-0.4, -0.2) is 30.6 Å². The lowest BCUT2D eigenvalue weighted by Gasteiger charge is -1.99. The summed E-state index contributed by atoms with van der Waals surface area (Å²) in [6.07, 6.45) is 0. The average Bonchev–Trinajstić information content (AvgIpc) is 1.98. The van der Waals surface area contributed by atoms with E-state index in [4.69, 9.17) is 0 Å².